The molecule has 0 amide bonds. The summed E-state index contributed by atoms with van der Waals surface area (Å²) in [5.74, 6) is 0. The van der Waals surface area contributed by atoms with E-state index in [0.717, 1.165) is 32.0 Å². The summed E-state index contributed by atoms with van der Waals surface area (Å²) in [6, 6.07) is 0. The molecular formula is C16H36O2. The second-order valence-corrected chi connectivity index (χ2v) is 3.73. The predicted octanol–water partition coefficient (Wildman–Crippen LogP) is 5.15. The van der Waals surface area contributed by atoms with Gasteiger partial charge in [0.15, 0.2) is 0 Å². The van der Waals surface area contributed by atoms with Crippen LogP contribution in [0.25, 0.3) is 0 Å². The maximum absolute atomic E-state index is 9.40. The van der Waals surface area contributed by atoms with Crippen molar-refractivity contribution in [1.82, 2.24) is 0 Å². The SMILES string of the molecule is C=CCC.CCCC.CCCC=O.CCCCO. The lowest BCUT2D eigenvalue weighted by Gasteiger charge is -1.79. The first kappa shape index (κ1) is 26.0. The number of rotatable bonds is 6. The molecule has 18 heavy (non-hydrogen) atoms. The van der Waals surface area contributed by atoms with Crippen molar-refractivity contribution < 1.29 is 9.90 Å². The van der Waals surface area contributed by atoms with Crippen molar-refractivity contribution in [2.45, 2.75) is 79.6 Å². The van der Waals surface area contributed by atoms with Gasteiger partial charge in [0.2, 0.25) is 0 Å². The van der Waals surface area contributed by atoms with Crippen LogP contribution in [0.1, 0.15) is 79.6 Å². The third-order valence-electron chi connectivity index (χ3n) is 1.71. The van der Waals surface area contributed by atoms with Crippen molar-refractivity contribution in [2.75, 3.05) is 6.61 Å². The second kappa shape index (κ2) is 44.0. The number of carbonyl (C=O) groups is 1. The van der Waals surface area contributed by atoms with Crippen molar-refractivity contribution in [3.63, 3.8) is 0 Å². The molecule has 0 fully saturated rings. The zero-order chi connectivity index (χ0) is 15.1. The fourth-order valence-electron chi connectivity index (χ4n) is 0.276. The fourth-order valence-corrected chi connectivity index (χ4v) is 0.276. The number of unbranched alkanes of at least 4 members (excludes halogenated alkanes) is 3. The largest absolute Gasteiger partial charge is 0.396 e. The van der Waals surface area contributed by atoms with E-state index in [1.54, 1.807) is 0 Å². The van der Waals surface area contributed by atoms with E-state index in [9.17, 15) is 4.79 Å². The Labute approximate surface area is 115 Å². The van der Waals surface area contributed by atoms with E-state index in [1.165, 1.54) is 12.8 Å². The van der Waals surface area contributed by atoms with Crippen LogP contribution in [0.3, 0.4) is 0 Å². The predicted molar refractivity (Wildman–Crippen MR) is 84.0 cm³/mol. The van der Waals surface area contributed by atoms with E-state index in [2.05, 4.69) is 34.3 Å². The average Bonchev–Trinajstić information content (AvgIpc) is 2.42. The Morgan fingerprint density at radius 1 is 0.944 bits per heavy atom. The number of aliphatic hydroxyl groups excluding tert-OH is 1. The van der Waals surface area contributed by atoms with Crippen LogP contribution in [-0.4, -0.2) is 18.0 Å². The molecule has 0 aromatic rings. The average molecular weight is 260 g/mol. The van der Waals surface area contributed by atoms with Gasteiger partial charge in [-0.3, -0.25) is 0 Å². The number of carbonyl (C=O) groups excluding carboxylic acids is 1. The summed E-state index contributed by atoms with van der Waals surface area (Å²) in [4.78, 5) is 9.40. The van der Waals surface area contributed by atoms with E-state index in [-0.39, 0.29) is 0 Å². The molecule has 0 atom stereocenters. The molecular weight excluding hydrogens is 224 g/mol. The van der Waals surface area contributed by atoms with E-state index < -0.39 is 0 Å². The molecule has 0 heterocycles. The molecule has 112 valence electrons. The number of allylic oxidation sites excluding steroid dienone is 1. The zero-order valence-corrected chi connectivity index (χ0v) is 13.4. The highest BCUT2D eigenvalue weighted by Crippen LogP contribution is 1.79. The van der Waals surface area contributed by atoms with Crippen LogP contribution in [0, 0.1) is 0 Å². The molecule has 0 rings (SSSR count). The third-order valence-corrected chi connectivity index (χ3v) is 1.71. The maximum atomic E-state index is 9.40. The van der Waals surface area contributed by atoms with Crippen molar-refractivity contribution in [3.05, 3.63) is 12.7 Å². The summed E-state index contributed by atoms with van der Waals surface area (Å²) in [5, 5.41) is 8.07. The lowest BCUT2D eigenvalue weighted by Crippen LogP contribution is -1.75. The van der Waals surface area contributed by atoms with Crippen molar-refractivity contribution in [2.24, 2.45) is 0 Å². The molecule has 0 saturated heterocycles. The van der Waals surface area contributed by atoms with E-state index >= 15 is 0 Å². The van der Waals surface area contributed by atoms with Gasteiger partial charge in [0.1, 0.15) is 6.29 Å². The topological polar surface area (TPSA) is 37.3 Å². The van der Waals surface area contributed by atoms with E-state index in [1.807, 2.05) is 13.0 Å². The number of aldehydes is 1. The van der Waals surface area contributed by atoms with E-state index in [0.29, 0.717) is 13.0 Å². The lowest BCUT2D eigenvalue weighted by molar-refractivity contribution is -0.107. The molecule has 0 bridgehead atoms. The molecule has 0 aromatic carbocycles. The molecule has 0 aliphatic heterocycles. The first-order chi connectivity index (χ1) is 8.66. The molecule has 2 nitrogen and oxygen atoms in total. The number of hydrogen-bond acceptors (Lipinski definition) is 2. The fraction of sp³-hybridized carbons (Fsp3) is 0.812. The minimum atomic E-state index is 0.344. The molecule has 2 heteroatoms. The Balaban J connectivity index is -0.0000000731. The minimum Gasteiger partial charge on any atom is -0.396 e. The second-order valence-electron chi connectivity index (χ2n) is 3.73. The van der Waals surface area contributed by atoms with Gasteiger partial charge in [-0.2, -0.15) is 0 Å². The quantitative estimate of drug-likeness (QED) is 0.529. The highest BCUT2D eigenvalue weighted by atomic mass is 16.2. The standard InChI is InChI=1S/C4H10O.C4H8O.C4H10.C4H8/c2*1-2-3-4-5;2*1-3-4-2/h5H,2-4H2,1H3;4H,2-3H2,1H3;3-4H2,1-2H3;3H,1,4H2,2H3. The summed E-state index contributed by atoms with van der Waals surface area (Å²) in [6.07, 6.45) is 10.2. The van der Waals surface area contributed by atoms with Gasteiger partial charge in [-0.15, -0.1) is 6.58 Å². The van der Waals surface area contributed by atoms with Gasteiger partial charge in [0.05, 0.1) is 0 Å². The van der Waals surface area contributed by atoms with Crippen LogP contribution in [0.15, 0.2) is 12.7 Å². The van der Waals surface area contributed by atoms with Crippen LogP contribution < -0.4 is 0 Å². The summed E-state index contributed by atoms with van der Waals surface area (Å²) in [7, 11) is 0. The summed E-state index contributed by atoms with van der Waals surface area (Å²) >= 11 is 0. The monoisotopic (exact) mass is 260 g/mol. The Morgan fingerprint density at radius 2 is 1.39 bits per heavy atom. The molecule has 0 saturated carbocycles. The number of hydrogen-bond donors (Lipinski definition) is 1. The first-order valence-corrected chi connectivity index (χ1v) is 7.31. The zero-order valence-electron chi connectivity index (χ0n) is 13.4. The summed E-state index contributed by atoms with van der Waals surface area (Å²) in [5.41, 5.74) is 0. The van der Waals surface area contributed by atoms with Gasteiger partial charge in [-0.05, 0) is 19.3 Å². The van der Waals surface area contributed by atoms with Gasteiger partial charge in [-0.1, -0.05) is 60.0 Å². The molecule has 1 N–H and O–H groups in total. The molecule has 0 radical (unpaired) electrons. The van der Waals surface area contributed by atoms with Crippen LogP contribution in [0.5, 0.6) is 0 Å². The smallest absolute Gasteiger partial charge is 0.119 e. The van der Waals surface area contributed by atoms with Crippen LogP contribution in [0.4, 0.5) is 0 Å². The van der Waals surface area contributed by atoms with Gasteiger partial charge in [0, 0.05) is 13.0 Å². The van der Waals surface area contributed by atoms with Crippen LogP contribution in [-0.2, 0) is 4.79 Å². The summed E-state index contributed by atoms with van der Waals surface area (Å²) in [6.45, 7) is 14.3. The van der Waals surface area contributed by atoms with Gasteiger partial charge in [0.25, 0.3) is 0 Å². The molecule has 0 unspecified atom stereocenters. The highest BCUT2D eigenvalue weighted by molar-refractivity contribution is 5.48. The molecule has 0 aliphatic rings. The minimum absolute atomic E-state index is 0.344. The maximum Gasteiger partial charge on any atom is 0.119 e. The molecule has 0 aliphatic carbocycles. The first-order valence-electron chi connectivity index (χ1n) is 7.31. The molecule has 0 aromatic heterocycles. The van der Waals surface area contributed by atoms with E-state index in [4.69, 9.17) is 5.11 Å². The Morgan fingerprint density at radius 3 is 1.39 bits per heavy atom. The van der Waals surface area contributed by atoms with Gasteiger partial charge >= 0.3 is 0 Å². The van der Waals surface area contributed by atoms with Crippen molar-refractivity contribution in [1.29, 1.82) is 0 Å². The Bertz CT molecular complexity index is 108. The normalized spacial score (nSPS) is 7.44. The highest BCUT2D eigenvalue weighted by Gasteiger charge is 1.69. The lowest BCUT2D eigenvalue weighted by atomic mass is 10.4. The van der Waals surface area contributed by atoms with Crippen molar-refractivity contribution in [3.8, 4) is 0 Å². The van der Waals surface area contributed by atoms with Gasteiger partial charge < -0.3 is 9.90 Å². The Hall–Kier alpha value is -0.630. The third kappa shape index (κ3) is 110. The molecule has 0 spiro atoms. The van der Waals surface area contributed by atoms with Crippen LogP contribution >= 0.6 is 0 Å². The number of aliphatic hydroxyl groups is 1. The van der Waals surface area contributed by atoms with Crippen molar-refractivity contribution >= 4 is 6.29 Å². The van der Waals surface area contributed by atoms with Gasteiger partial charge in [-0.25, -0.2) is 0 Å². The summed E-state index contributed by atoms with van der Waals surface area (Å²) < 4.78 is 0. The van der Waals surface area contributed by atoms with Crippen LogP contribution in [0.2, 0.25) is 0 Å². The Kier molecular flexibility index (Phi) is 63.7.